The maximum Gasteiger partial charge on any atom is 0.222 e. The Labute approximate surface area is 178 Å². The van der Waals surface area contributed by atoms with Crippen molar-refractivity contribution in [2.24, 2.45) is 28.7 Å². The van der Waals surface area contributed by atoms with E-state index in [0.717, 1.165) is 43.3 Å². The number of benzene rings is 1. The molecule has 5 heteroatoms. The molecular formula is C25H30N4O. The summed E-state index contributed by atoms with van der Waals surface area (Å²) < 4.78 is 0. The molecule has 4 heterocycles. The Balaban J connectivity index is 1.22. The number of hydrogen-bond donors (Lipinski definition) is 0. The number of hydrogen-bond acceptors (Lipinski definition) is 4. The van der Waals surface area contributed by atoms with Crippen molar-refractivity contribution in [1.82, 2.24) is 14.8 Å². The average Bonchev–Trinajstić information content (AvgIpc) is 3.65. The van der Waals surface area contributed by atoms with Crippen LogP contribution in [0.4, 0.5) is 0 Å². The highest BCUT2D eigenvalue weighted by Gasteiger charge is 2.55. The van der Waals surface area contributed by atoms with E-state index in [9.17, 15) is 4.79 Å². The molecule has 6 atom stereocenters. The summed E-state index contributed by atoms with van der Waals surface area (Å²) in [7, 11) is 2.20. The number of nitrogens with zero attached hydrogens (tertiary/aromatic N) is 4. The quantitative estimate of drug-likeness (QED) is 0.786. The lowest BCUT2D eigenvalue weighted by Crippen LogP contribution is -2.43. The van der Waals surface area contributed by atoms with Gasteiger partial charge >= 0.3 is 0 Å². The topological polar surface area (TPSA) is 48.8 Å². The highest BCUT2D eigenvalue weighted by molar-refractivity contribution is 5.92. The molecule has 1 amide bonds. The fourth-order valence-corrected chi connectivity index (χ4v) is 6.29. The minimum Gasteiger partial charge on any atom is -0.342 e. The molecule has 4 aliphatic rings. The van der Waals surface area contributed by atoms with Gasteiger partial charge < -0.3 is 9.80 Å². The number of likely N-dealkylation sites (tertiary alicyclic amines) is 2. The van der Waals surface area contributed by atoms with Gasteiger partial charge in [-0.15, -0.1) is 0 Å². The standard InChI is InChI=1S/C25H30N4O/c1-15-8-16(12-29(11-15)24(30)9-20-21-13-28(2)14-22(20)21)17-5-6-19(23-10-27-23)25-18(17)4-3-7-26-25/h3-7,10,15-16,20-23H,8-9,11-14H2,1-2H3/t15-,16+,20?,21-,22+,23?/m1/s1. The first-order valence-electron chi connectivity index (χ1n) is 11.5. The van der Waals surface area contributed by atoms with E-state index in [2.05, 4.69) is 47.0 Å². The van der Waals surface area contributed by atoms with E-state index in [1.165, 1.54) is 29.6 Å². The largest absolute Gasteiger partial charge is 0.342 e. The Morgan fingerprint density at radius 1 is 1.10 bits per heavy atom. The van der Waals surface area contributed by atoms with Crippen LogP contribution in [0.15, 0.2) is 35.5 Å². The fourth-order valence-electron chi connectivity index (χ4n) is 6.29. The molecule has 1 aromatic heterocycles. The van der Waals surface area contributed by atoms with Crippen molar-refractivity contribution in [3.05, 3.63) is 41.6 Å². The Morgan fingerprint density at radius 2 is 1.87 bits per heavy atom. The van der Waals surface area contributed by atoms with E-state index in [1.54, 1.807) is 0 Å². The van der Waals surface area contributed by atoms with Gasteiger partial charge in [-0.25, -0.2) is 0 Å². The van der Waals surface area contributed by atoms with E-state index in [4.69, 9.17) is 4.98 Å². The Bertz CT molecular complexity index is 1010. The van der Waals surface area contributed by atoms with Crippen molar-refractivity contribution in [1.29, 1.82) is 0 Å². The van der Waals surface area contributed by atoms with Crippen LogP contribution in [-0.4, -0.2) is 60.1 Å². The van der Waals surface area contributed by atoms with E-state index >= 15 is 0 Å². The molecule has 6 rings (SSSR count). The number of piperidine rings is 2. The van der Waals surface area contributed by atoms with Crippen LogP contribution in [0.2, 0.25) is 0 Å². The van der Waals surface area contributed by atoms with Gasteiger partial charge in [-0.3, -0.25) is 14.8 Å². The first-order valence-corrected chi connectivity index (χ1v) is 11.5. The summed E-state index contributed by atoms with van der Waals surface area (Å²) in [6.07, 6.45) is 5.74. The molecule has 156 valence electrons. The summed E-state index contributed by atoms with van der Waals surface area (Å²) in [5.41, 5.74) is 3.62. The third kappa shape index (κ3) is 3.15. The Hall–Kier alpha value is -2.27. The molecule has 1 saturated carbocycles. The molecule has 0 radical (unpaired) electrons. The van der Waals surface area contributed by atoms with E-state index in [1.807, 2.05) is 18.5 Å². The molecule has 1 aromatic carbocycles. The van der Waals surface area contributed by atoms with Crippen LogP contribution in [0.5, 0.6) is 0 Å². The number of amides is 1. The summed E-state index contributed by atoms with van der Waals surface area (Å²) in [5.74, 6) is 3.44. The molecule has 0 N–H and O–H groups in total. The molecule has 3 fully saturated rings. The zero-order valence-electron chi connectivity index (χ0n) is 17.9. The summed E-state index contributed by atoms with van der Waals surface area (Å²) in [5, 5.41) is 1.23. The summed E-state index contributed by atoms with van der Waals surface area (Å²) in [6, 6.07) is 8.90. The number of pyridine rings is 1. The maximum atomic E-state index is 13.2. The minimum atomic E-state index is 0.205. The van der Waals surface area contributed by atoms with E-state index in [-0.39, 0.29) is 6.04 Å². The number of aromatic nitrogens is 1. The Morgan fingerprint density at radius 3 is 2.63 bits per heavy atom. The lowest BCUT2D eigenvalue weighted by Gasteiger charge is -2.37. The molecule has 5 nitrogen and oxygen atoms in total. The van der Waals surface area contributed by atoms with Gasteiger partial charge in [0.1, 0.15) is 6.04 Å². The normalized spacial score (nSPS) is 34.9. The lowest BCUT2D eigenvalue weighted by molar-refractivity contribution is -0.133. The van der Waals surface area contributed by atoms with Gasteiger partial charge in [0, 0.05) is 61.9 Å². The van der Waals surface area contributed by atoms with Gasteiger partial charge in [-0.2, -0.15) is 0 Å². The molecule has 1 aliphatic carbocycles. The first-order chi connectivity index (χ1) is 14.6. The SMILES string of the molecule is C[C@@H]1C[C@H](c2ccc(C3C=N3)c3ncccc23)CN(C(=O)CC2[C@H]3CN(C)C[C@@H]23)C1. The second-order valence-corrected chi connectivity index (χ2v) is 10.1. The van der Waals surface area contributed by atoms with Crippen LogP contribution in [-0.2, 0) is 4.79 Å². The van der Waals surface area contributed by atoms with Crippen LogP contribution in [0.3, 0.4) is 0 Å². The minimum absolute atomic E-state index is 0.205. The van der Waals surface area contributed by atoms with Gasteiger partial charge in [-0.05, 0) is 48.8 Å². The van der Waals surface area contributed by atoms with Crippen LogP contribution >= 0.6 is 0 Å². The van der Waals surface area contributed by atoms with Crippen LogP contribution < -0.4 is 0 Å². The van der Waals surface area contributed by atoms with Crippen molar-refractivity contribution < 1.29 is 4.79 Å². The first kappa shape index (κ1) is 18.5. The van der Waals surface area contributed by atoms with Gasteiger partial charge in [-0.1, -0.05) is 25.1 Å². The van der Waals surface area contributed by atoms with Gasteiger partial charge in [0.2, 0.25) is 5.91 Å². The van der Waals surface area contributed by atoms with Crippen LogP contribution in [0.25, 0.3) is 10.9 Å². The summed E-state index contributed by atoms with van der Waals surface area (Å²) >= 11 is 0. The molecule has 0 bridgehead atoms. The van der Waals surface area contributed by atoms with Crippen LogP contribution in [0.1, 0.15) is 42.9 Å². The number of aliphatic imine (C=N–C) groups is 1. The number of carbonyl (C=O) groups excluding carboxylic acids is 1. The predicted octanol–water partition coefficient (Wildman–Crippen LogP) is 3.51. The number of carbonyl (C=O) groups is 1. The monoisotopic (exact) mass is 402 g/mol. The highest BCUT2D eigenvalue weighted by Crippen LogP contribution is 2.53. The summed E-state index contributed by atoms with van der Waals surface area (Å²) in [6.45, 7) is 6.39. The second kappa shape index (κ2) is 6.88. The molecular weight excluding hydrogens is 372 g/mol. The zero-order valence-corrected chi connectivity index (χ0v) is 17.9. The van der Waals surface area contributed by atoms with E-state index in [0.29, 0.717) is 23.7 Å². The van der Waals surface area contributed by atoms with Crippen molar-refractivity contribution >= 4 is 23.0 Å². The highest BCUT2D eigenvalue weighted by atomic mass is 16.2. The average molecular weight is 403 g/mol. The number of rotatable bonds is 4. The zero-order chi connectivity index (χ0) is 20.4. The summed E-state index contributed by atoms with van der Waals surface area (Å²) in [4.78, 5) is 26.8. The third-order valence-corrected chi connectivity index (χ3v) is 7.87. The Kier molecular flexibility index (Phi) is 4.24. The fraction of sp³-hybridized carbons (Fsp3) is 0.560. The molecule has 0 spiro atoms. The van der Waals surface area contributed by atoms with Crippen molar-refractivity contribution in [2.45, 2.75) is 31.7 Å². The maximum absolute atomic E-state index is 13.2. The lowest BCUT2D eigenvalue weighted by atomic mass is 9.83. The van der Waals surface area contributed by atoms with Crippen LogP contribution in [0, 0.1) is 23.7 Å². The molecule has 2 saturated heterocycles. The van der Waals surface area contributed by atoms with Gasteiger partial charge in [0.05, 0.1) is 5.52 Å². The van der Waals surface area contributed by atoms with Crippen molar-refractivity contribution in [3.8, 4) is 0 Å². The van der Waals surface area contributed by atoms with Crippen molar-refractivity contribution in [2.75, 3.05) is 33.2 Å². The molecule has 3 aliphatic heterocycles. The predicted molar refractivity (Wildman–Crippen MR) is 119 cm³/mol. The molecule has 2 unspecified atom stereocenters. The number of fused-ring (bicyclic) bond motifs is 2. The van der Waals surface area contributed by atoms with Crippen molar-refractivity contribution in [3.63, 3.8) is 0 Å². The second-order valence-electron chi connectivity index (χ2n) is 10.1. The smallest absolute Gasteiger partial charge is 0.222 e. The molecule has 2 aromatic rings. The third-order valence-electron chi connectivity index (χ3n) is 7.87. The van der Waals surface area contributed by atoms with E-state index < -0.39 is 0 Å². The van der Waals surface area contributed by atoms with Gasteiger partial charge in [0.25, 0.3) is 0 Å². The van der Waals surface area contributed by atoms with Gasteiger partial charge in [0.15, 0.2) is 0 Å². The molecule has 30 heavy (non-hydrogen) atoms.